The summed E-state index contributed by atoms with van der Waals surface area (Å²) in [6, 6.07) is 18.3. The van der Waals surface area contributed by atoms with Gasteiger partial charge in [-0.1, -0.05) is 40.3 Å². The van der Waals surface area contributed by atoms with Gasteiger partial charge in [0.15, 0.2) is 6.61 Å². The number of ether oxygens (including phenoxy) is 1. The number of hydrogen-bond acceptors (Lipinski definition) is 4. The van der Waals surface area contributed by atoms with E-state index in [0.29, 0.717) is 47.1 Å². The Bertz CT molecular complexity index is 1190. The number of para-hydroxylation sites is 1. The Morgan fingerprint density at radius 1 is 0.971 bits per heavy atom. The van der Waals surface area contributed by atoms with Crippen LogP contribution in [0.4, 0.5) is 20.2 Å². The van der Waals surface area contributed by atoms with Gasteiger partial charge in [0.05, 0.1) is 11.4 Å². The fourth-order valence-corrected chi connectivity index (χ4v) is 4.31. The highest BCUT2D eigenvalue weighted by Gasteiger charge is 2.21. The van der Waals surface area contributed by atoms with Crippen molar-refractivity contribution in [2.45, 2.75) is 0 Å². The molecule has 176 valence electrons. The molecule has 34 heavy (non-hydrogen) atoms. The maximum Gasteiger partial charge on any atom is 0.262 e. The summed E-state index contributed by atoms with van der Waals surface area (Å²) < 4.78 is 34.0. The SMILES string of the molecule is O=C(COc1ccc(C(=S)N2CCN(c3ccccc3F)CC2)cc1)Nc1ccc(Br)cc1F. The molecule has 1 fully saturated rings. The van der Waals surface area contributed by atoms with E-state index in [2.05, 4.69) is 26.1 Å². The second-order valence-corrected chi connectivity index (χ2v) is 9.02. The molecule has 1 amide bonds. The van der Waals surface area contributed by atoms with Crippen molar-refractivity contribution in [1.82, 2.24) is 4.90 Å². The van der Waals surface area contributed by atoms with Crippen LogP contribution in [-0.4, -0.2) is 48.6 Å². The van der Waals surface area contributed by atoms with Gasteiger partial charge in [-0.25, -0.2) is 8.78 Å². The number of hydrogen-bond donors (Lipinski definition) is 1. The molecule has 0 bridgehead atoms. The zero-order valence-electron chi connectivity index (χ0n) is 18.1. The first-order valence-corrected chi connectivity index (χ1v) is 11.9. The molecule has 0 radical (unpaired) electrons. The summed E-state index contributed by atoms with van der Waals surface area (Å²) in [4.78, 5) is 16.9. The zero-order chi connectivity index (χ0) is 24.1. The van der Waals surface area contributed by atoms with E-state index in [1.807, 2.05) is 23.1 Å². The first kappa shape index (κ1) is 24.1. The van der Waals surface area contributed by atoms with Crippen molar-refractivity contribution >= 4 is 50.4 Å². The quantitative estimate of drug-likeness (QED) is 0.429. The largest absolute Gasteiger partial charge is 0.484 e. The monoisotopic (exact) mass is 545 g/mol. The van der Waals surface area contributed by atoms with Gasteiger partial charge >= 0.3 is 0 Å². The van der Waals surface area contributed by atoms with Crippen LogP contribution >= 0.6 is 28.1 Å². The van der Waals surface area contributed by atoms with Crippen LogP contribution in [0, 0.1) is 11.6 Å². The van der Waals surface area contributed by atoms with E-state index >= 15 is 0 Å². The fourth-order valence-electron chi connectivity index (χ4n) is 3.66. The summed E-state index contributed by atoms with van der Waals surface area (Å²) in [6.45, 7) is 2.49. The molecule has 0 saturated carbocycles. The number of carbonyl (C=O) groups is 1. The van der Waals surface area contributed by atoms with Gasteiger partial charge in [0.2, 0.25) is 0 Å². The number of carbonyl (C=O) groups excluding carboxylic acids is 1. The van der Waals surface area contributed by atoms with E-state index in [1.54, 1.807) is 30.3 Å². The maximum absolute atomic E-state index is 14.1. The van der Waals surface area contributed by atoms with Gasteiger partial charge < -0.3 is 19.9 Å². The molecule has 0 spiro atoms. The van der Waals surface area contributed by atoms with Crippen molar-refractivity contribution < 1.29 is 18.3 Å². The van der Waals surface area contributed by atoms with Crippen LogP contribution in [0.5, 0.6) is 5.75 Å². The lowest BCUT2D eigenvalue weighted by atomic mass is 10.1. The number of rotatable bonds is 6. The maximum atomic E-state index is 14.1. The molecule has 3 aromatic rings. The summed E-state index contributed by atoms with van der Waals surface area (Å²) >= 11 is 8.83. The average Bonchev–Trinajstić information content (AvgIpc) is 2.85. The van der Waals surface area contributed by atoms with Gasteiger partial charge in [-0.2, -0.15) is 0 Å². The van der Waals surface area contributed by atoms with E-state index in [4.69, 9.17) is 17.0 Å². The second-order valence-electron chi connectivity index (χ2n) is 7.72. The third-order valence-corrected chi connectivity index (χ3v) is 6.42. The molecule has 0 aromatic heterocycles. The lowest BCUT2D eigenvalue weighted by molar-refractivity contribution is -0.118. The Morgan fingerprint density at radius 3 is 2.35 bits per heavy atom. The predicted molar refractivity (Wildman–Crippen MR) is 137 cm³/mol. The fraction of sp³-hybridized carbons (Fsp3) is 0.200. The highest BCUT2D eigenvalue weighted by atomic mass is 79.9. The Hall–Kier alpha value is -3.04. The topological polar surface area (TPSA) is 44.8 Å². The van der Waals surface area contributed by atoms with Gasteiger partial charge in [0, 0.05) is 36.2 Å². The lowest BCUT2D eigenvalue weighted by Crippen LogP contribution is -2.48. The van der Waals surface area contributed by atoms with Gasteiger partial charge in [0.25, 0.3) is 5.91 Å². The first-order chi connectivity index (χ1) is 16.4. The van der Waals surface area contributed by atoms with Crippen LogP contribution in [0.15, 0.2) is 71.2 Å². The van der Waals surface area contributed by atoms with Crippen LogP contribution in [0.1, 0.15) is 5.56 Å². The van der Waals surface area contributed by atoms with E-state index in [-0.39, 0.29) is 18.1 Å². The first-order valence-electron chi connectivity index (χ1n) is 10.7. The third kappa shape index (κ3) is 5.90. The van der Waals surface area contributed by atoms with Crippen molar-refractivity contribution in [3.05, 3.63) is 88.4 Å². The average molecular weight is 546 g/mol. The zero-order valence-corrected chi connectivity index (χ0v) is 20.5. The molecule has 0 unspecified atom stereocenters. The van der Waals surface area contributed by atoms with Gasteiger partial charge in [-0.3, -0.25) is 4.79 Å². The number of benzene rings is 3. The van der Waals surface area contributed by atoms with E-state index in [9.17, 15) is 13.6 Å². The molecule has 1 aliphatic heterocycles. The van der Waals surface area contributed by atoms with Crippen molar-refractivity contribution in [3.63, 3.8) is 0 Å². The van der Waals surface area contributed by atoms with Crippen LogP contribution < -0.4 is 15.0 Å². The summed E-state index contributed by atoms with van der Waals surface area (Å²) in [6.07, 6.45) is 0. The molecule has 3 aromatic carbocycles. The minimum atomic E-state index is -0.532. The molecule has 5 nitrogen and oxygen atoms in total. The van der Waals surface area contributed by atoms with Gasteiger partial charge in [-0.05, 0) is 54.6 Å². The van der Waals surface area contributed by atoms with E-state index in [1.165, 1.54) is 18.2 Å². The smallest absolute Gasteiger partial charge is 0.262 e. The van der Waals surface area contributed by atoms with E-state index < -0.39 is 11.7 Å². The van der Waals surface area contributed by atoms with Gasteiger partial charge in [-0.15, -0.1) is 0 Å². The molecule has 1 aliphatic rings. The Labute approximate surface area is 210 Å². The number of piperazine rings is 1. The molecule has 9 heteroatoms. The predicted octanol–water partition coefficient (Wildman–Crippen LogP) is 5.24. The van der Waals surface area contributed by atoms with Crippen LogP contribution in [-0.2, 0) is 4.79 Å². The normalized spacial score (nSPS) is 13.5. The van der Waals surface area contributed by atoms with Crippen molar-refractivity contribution in [2.75, 3.05) is 43.0 Å². The summed E-state index contributed by atoms with van der Waals surface area (Å²) in [5.41, 5.74) is 1.57. The minimum Gasteiger partial charge on any atom is -0.484 e. The highest BCUT2D eigenvalue weighted by Crippen LogP contribution is 2.22. The number of thiocarbonyl (C=S) groups is 1. The Balaban J connectivity index is 1.27. The Morgan fingerprint density at radius 2 is 1.68 bits per heavy atom. The molecule has 0 atom stereocenters. The van der Waals surface area contributed by atoms with E-state index in [0.717, 1.165) is 5.56 Å². The standard InChI is InChI=1S/C25H22BrF2N3O2S/c26-18-7-10-22(21(28)15-18)29-24(32)16-33-19-8-5-17(6-9-19)25(34)31-13-11-30(12-14-31)23-4-2-1-3-20(23)27/h1-10,15H,11-14,16H2,(H,29,32). The van der Waals surface area contributed by atoms with Crippen LogP contribution in [0.25, 0.3) is 0 Å². The number of nitrogens with zero attached hydrogens (tertiary/aromatic N) is 2. The van der Waals surface area contributed by atoms with Crippen molar-refractivity contribution in [3.8, 4) is 5.75 Å². The number of nitrogens with one attached hydrogen (secondary N) is 1. The summed E-state index contributed by atoms with van der Waals surface area (Å²) in [5.74, 6) is -0.712. The highest BCUT2D eigenvalue weighted by molar-refractivity contribution is 9.10. The lowest BCUT2D eigenvalue weighted by Gasteiger charge is -2.37. The van der Waals surface area contributed by atoms with Gasteiger partial charge in [0.1, 0.15) is 22.4 Å². The molecular weight excluding hydrogens is 524 g/mol. The number of amides is 1. The molecule has 1 N–H and O–H groups in total. The third-order valence-electron chi connectivity index (χ3n) is 5.44. The van der Waals surface area contributed by atoms with Crippen molar-refractivity contribution in [1.29, 1.82) is 0 Å². The number of halogens is 3. The summed E-state index contributed by atoms with van der Waals surface area (Å²) in [7, 11) is 0. The molecular formula is C25H22BrF2N3O2S. The minimum absolute atomic E-state index is 0.0904. The molecule has 0 aliphatic carbocycles. The van der Waals surface area contributed by atoms with Crippen LogP contribution in [0.2, 0.25) is 0 Å². The van der Waals surface area contributed by atoms with Crippen molar-refractivity contribution in [2.24, 2.45) is 0 Å². The Kier molecular flexibility index (Phi) is 7.74. The molecule has 1 heterocycles. The molecule has 4 rings (SSSR count). The number of anilines is 2. The second kappa shape index (κ2) is 10.9. The van der Waals surface area contributed by atoms with Crippen LogP contribution in [0.3, 0.4) is 0 Å². The summed E-state index contributed by atoms with van der Waals surface area (Å²) in [5, 5.41) is 2.48. The molecule has 1 saturated heterocycles.